The predicted molar refractivity (Wildman–Crippen MR) is 92.4 cm³/mol. The number of piperidine rings is 1. The summed E-state index contributed by atoms with van der Waals surface area (Å²) in [5, 5.41) is 3.05. The smallest absolute Gasteiger partial charge is 0.320 e. The fourth-order valence-corrected chi connectivity index (χ4v) is 3.46. The Morgan fingerprint density at radius 1 is 1.24 bits per heavy atom. The number of rotatable bonds is 5. The standard InChI is InChI=1S/C18H25FN4O2/c1-21-9-10-23(18(21)25)13-17(24)20-16-3-2-8-22(12-16)11-14-4-6-15(19)7-5-14/h4-7,16H,2-3,8-13H2,1H3,(H,20,24). The number of nitrogens with zero attached hydrogens (tertiary/aromatic N) is 3. The summed E-state index contributed by atoms with van der Waals surface area (Å²) in [7, 11) is 1.74. The Morgan fingerprint density at radius 3 is 2.68 bits per heavy atom. The highest BCUT2D eigenvalue weighted by molar-refractivity contribution is 5.85. The van der Waals surface area contributed by atoms with Crippen molar-refractivity contribution < 1.29 is 14.0 Å². The number of hydrogen-bond donors (Lipinski definition) is 1. The molecular formula is C18H25FN4O2. The maximum atomic E-state index is 13.0. The SMILES string of the molecule is CN1CCN(CC(=O)NC2CCCN(Cc3ccc(F)cc3)C2)C1=O. The van der Waals surface area contributed by atoms with E-state index in [0.717, 1.165) is 38.0 Å². The van der Waals surface area contributed by atoms with Gasteiger partial charge in [-0.2, -0.15) is 0 Å². The van der Waals surface area contributed by atoms with Gasteiger partial charge in [0, 0.05) is 39.3 Å². The zero-order valence-electron chi connectivity index (χ0n) is 14.6. The van der Waals surface area contributed by atoms with E-state index in [9.17, 15) is 14.0 Å². The van der Waals surface area contributed by atoms with E-state index in [1.54, 1.807) is 29.0 Å². The van der Waals surface area contributed by atoms with Crippen molar-refractivity contribution in [2.24, 2.45) is 0 Å². The highest BCUT2D eigenvalue weighted by atomic mass is 19.1. The minimum absolute atomic E-state index is 0.0864. The van der Waals surface area contributed by atoms with E-state index >= 15 is 0 Å². The van der Waals surface area contributed by atoms with Crippen LogP contribution in [-0.4, -0.2) is 72.5 Å². The molecule has 0 aliphatic carbocycles. The van der Waals surface area contributed by atoms with Crippen molar-refractivity contribution in [2.75, 3.05) is 39.8 Å². The fraction of sp³-hybridized carbons (Fsp3) is 0.556. The number of carbonyl (C=O) groups is 2. The molecule has 136 valence electrons. The number of amides is 3. The minimum Gasteiger partial charge on any atom is -0.351 e. The Labute approximate surface area is 147 Å². The summed E-state index contributed by atoms with van der Waals surface area (Å²) in [5.74, 6) is -0.327. The Balaban J connectivity index is 1.47. The zero-order chi connectivity index (χ0) is 17.8. The van der Waals surface area contributed by atoms with E-state index < -0.39 is 0 Å². The summed E-state index contributed by atoms with van der Waals surface area (Å²) >= 11 is 0. The number of carbonyl (C=O) groups excluding carboxylic acids is 2. The number of likely N-dealkylation sites (N-methyl/N-ethyl adjacent to an activating group) is 1. The van der Waals surface area contributed by atoms with Gasteiger partial charge in [0.1, 0.15) is 12.4 Å². The van der Waals surface area contributed by atoms with Gasteiger partial charge in [0.05, 0.1) is 0 Å². The molecule has 1 atom stereocenters. The van der Waals surface area contributed by atoms with Crippen LogP contribution < -0.4 is 5.32 Å². The zero-order valence-corrected chi connectivity index (χ0v) is 14.6. The number of likely N-dealkylation sites (tertiary alicyclic amines) is 1. The summed E-state index contributed by atoms with van der Waals surface area (Å²) in [4.78, 5) is 29.6. The lowest BCUT2D eigenvalue weighted by atomic mass is 10.0. The van der Waals surface area contributed by atoms with Crippen LogP contribution in [0.4, 0.5) is 9.18 Å². The summed E-state index contributed by atoms with van der Waals surface area (Å²) in [6.45, 7) is 3.89. The fourth-order valence-electron chi connectivity index (χ4n) is 3.46. The van der Waals surface area contributed by atoms with Crippen molar-refractivity contribution in [3.63, 3.8) is 0 Å². The van der Waals surface area contributed by atoms with E-state index in [1.165, 1.54) is 12.1 Å². The molecule has 1 aromatic carbocycles. The molecule has 0 aromatic heterocycles. The summed E-state index contributed by atoms with van der Waals surface area (Å²) in [5.41, 5.74) is 1.07. The molecule has 2 aliphatic heterocycles. The molecule has 2 saturated heterocycles. The van der Waals surface area contributed by atoms with Crippen LogP contribution in [0.1, 0.15) is 18.4 Å². The number of hydrogen-bond acceptors (Lipinski definition) is 3. The number of halogens is 1. The summed E-state index contributed by atoms with van der Waals surface area (Å²) < 4.78 is 13.0. The van der Waals surface area contributed by atoms with E-state index in [0.29, 0.717) is 13.1 Å². The Kier molecular flexibility index (Phi) is 5.53. The molecule has 1 aromatic rings. The number of urea groups is 1. The first-order chi connectivity index (χ1) is 12.0. The molecule has 2 fully saturated rings. The second-order valence-corrected chi connectivity index (χ2v) is 6.89. The Bertz CT molecular complexity index is 622. The monoisotopic (exact) mass is 348 g/mol. The van der Waals surface area contributed by atoms with Crippen molar-refractivity contribution in [1.29, 1.82) is 0 Å². The first kappa shape index (κ1) is 17.7. The highest BCUT2D eigenvalue weighted by Crippen LogP contribution is 2.14. The van der Waals surface area contributed by atoms with Crippen molar-refractivity contribution in [2.45, 2.75) is 25.4 Å². The van der Waals surface area contributed by atoms with Gasteiger partial charge < -0.3 is 15.1 Å². The van der Waals surface area contributed by atoms with Crippen LogP contribution in [-0.2, 0) is 11.3 Å². The van der Waals surface area contributed by atoms with Crippen LogP contribution in [0.5, 0.6) is 0 Å². The van der Waals surface area contributed by atoms with Crippen LogP contribution >= 0.6 is 0 Å². The number of nitrogens with one attached hydrogen (secondary N) is 1. The van der Waals surface area contributed by atoms with E-state index in [-0.39, 0.29) is 30.3 Å². The first-order valence-corrected chi connectivity index (χ1v) is 8.77. The topological polar surface area (TPSA) is 55.9 Å². The molecule has 0 spiro atoms. The third-order valence-electron chi connectivity index (χ3n) is 4.83. The van der Waals surface area contributed by atoms with Crippen LogP contribution in [0.25, 0.3) is 0 Å². The molecule has 0 radical (unpaired) electrons. The van der Waals surface area contributed by atoms with Gasteiger partial charge in [-0.05, 0) is 37.1 Å². The van der Waals surface area contributed by atoms with Gasteiger partial charge in [0.25, 0.3) is 0 Å². The molecule has 6 nitrogen and oxygen atoms in total. The molecule has 25 heavy (non-hydrogen) atoms. The maximum absolute atomic E-state index is 13.0. The van der Waals surface area contributed by atoms with Crippen molar-refractivity contribution >= 4 is 11.9 Å². The van der Waals surface area contributed by atoms with Gasteiger partial charge in [-0.25, -0.2) is 9.18 Å². The Hall–Kier alpha value is -2.15. The lowest BCUT2D eigenvalue weighted by Gasteiger charge is -2.33. The Morgan fingerprint density at radius 2 is 2.00 bits per heavy atom. The highest BCUT2D eigenvalue weighted by Gasteiger charge is 2.28. The lowest BCUT2D eigenvalue weighted by molar-refractivity contribution is -0.122. The van der Waals surface area contributed by atoms with Crippen molar-refractivity contribution in [3.05, 3.63) is 35.6 Å². The summed E-state index contributed by atoms with van der Waals surface area (Å²) in [6, 6.07) is 6.56. The van der Waals surface area contributed by atoms with E-state index in [2.05, 4.69) is 10.2 Å². The normalized spacial score (nSPS) is 21.7. The average molecular weight is 348 g/mol. The molecule has 2 aliphatic rings. The van der Waals surface area contributed by atoms with E-state index in [1.807, 2.05) is 0 Å². The predicted octanol–water partition coefficient (Wildman–Crippen LogP) is 1.27. The quantitative estimate of drug-likeness (QED) is 0.872. The molecule has 3 rings (SSSR count). The molecule has 2 heterocycles. The number of benzene rings is 1. The molecule has 3 amide bonds. The second-order valence-electron chi connectivity index (χ2n) is 6.89. The maximum Gasteiger partial charge on any atom is 0.320 e. The first-order valence-electron chi connectivity index (χ1n) is 8.77. The minimum atomic E-state index is -0.227. The molecule has 0 saturated carbocycles. The second kappa shape index (κ2) is 7.82. The van der Waals surface area contributed by atoms with Crippen molar-refractivity contribution in [3.8, 4) is 0 Å². The van der Waals surface area contributed by atoms with Gasteiger partial charge >= 0.3 is 6.03 Å². The van der Waals surface area contributed by atoms with Crippen molar-refractivity contribution in [1.82, 2.24) is 20.0 Å². The summed E-state index contributed by atoms with van der Waals surface area (Å²) in [6.07, 6.45) is 1.96. The van der Waals surface area contributed by atoms with Crippen LogP contribution in [0.3, 0.4) is 0 Å². The van der Waals surface area contributed by atoms with Crippen LogP contribution in [0.2, 0.25) is 0 Å². The molecular weight excluding hydrogens is 323 g/mol. The van der Waals surface area contributed by atoms with Crippen LogP contribution in [0.15, 0.2) is 24.3 Å². The molecule has 7 heteroatoms. The molecule has 0 bridgehead atoms. The van der Waals surface area contributed by atoms with Crippen LogP contribution in [0, 0.1) is 5.82 Å². The third kappa shape index (κ3) is 4.69. The van der Waals surface area contributed by atoms with Gasteiger partial charge in [0.15, 0.2) is 0 Å². The molecule has 1 unspecified atom stereocenters. The lowest BCUT2D eigenvalue weighted by Crippen LogP contribution is -2.50. The van der Waals surface area contributed by atoms with E-state index in [4.69, 9.17) is 0 Å². The third-order valence-corrected chi connectivity index (χ3v) is 4.83. The molecule has 1 N–H and O–H groups in total. The van der Waals surface area contributed by atoms with Gasteiger partial charge in [0.2, 0.25) is 5.91 Å². The largest absolute Gasteiger partial charge is 0.351 e. The van der Waals surface area contributed by atoms with Gasteiger partial charge in [-0.15, -0.1) is 0 Å². The van der Waals surface area contributed by atoms with Gasteiger partial charge in [-0.1, -0.05) is 12.1 Å². The average Bonchev–Trinajstić information content (AvgIpc) is 2.89. The van der Waals surface area contributed by atoms with Gasteiger partial charge in [-0.3, -0.25) is 9.69 Å².